The van der Waals surface area contributed by atoms with Gasteiger partial charge in [0, 0.05) is 28.6 Å². The van der Waals surface area contributed by atoms with Gasteiger partial charge in [0.25, 0.3) is 0 Å². The fourth-order valence-electron chi connectivity index (χ4n) is 0.915. The van der Waals surface area contributed by atoms with Gasteiger partial charge in [-0.05, 0) is 18.2 Å². The van der Waals surface area contributed by atoms with Crippen LogP contribution >= 0.6 is 31.9 Å². The largest absolute Gasteiger partial charge is 0.316 e. The summed E-state index contributed by atoms with van der Waals surface area (Å²) in [5.41, 5.74) is 0.869. The molecule has 0 aliphatic rings. The third kappa shape index (κ3) is 2.81. The highest BCUT2D eigenvalue weighted by atomic mass is 79.9. The first-order chi connectivity index (χ1) is 6.00. The van der Waals surface area contributed by atoms with Crippen molar-refractivity contribution in [1.29, 1.82) is 0 Å². The Kier molecular flexibility index (Phi) is 3.50. The average Bonchev–Trinajstić information content (AvgIpc) is 2.01. The molecule has 0 N–H and O–H groups in total. The molecule has 0 spiro atoms. The Bertz CT molecular complexity index is 318. The number of hydrogen-bond donors (Lipinski definition) is 0. The molecule has 0 saturated carbocycles. The van der Waals surface area contributed by atoms with E-state index in [4.69, 9.17) is 0 Å². The van der Waals surface area contributed by atoms with E-state index < -0.39 is 0 Å². The van der Waals surface area contributed by atoms with E-state index in [0.29, 0.717) is 0 Å². The van der Waals surface area contributed by atoms with Crippen molar-refractivity contribution in [2.24, 2.45) is 0 Å². The van der Waals surface area contributed by atoms with Crippen molar-refractivity contribution in [3.05, 3.63) is 27.1 Å². The molecule has 0 radical (unpaired) electrons. The molecule has 0 atom stereocenters. The highest BCUT2D eigenvalue weighted by Gasteiger charge is 2.06. The lowest BCUT2D eigenvalue weighted by atomic mass is 10.3. The number of hydrogen-bond acceptors (Lipinski definition) is 1. The van der Waals surface area contributed by atoms with Gasteiger partial charge in [0.1, 0.15) is 0 Å². The molecule has 0 aliphatic carbocycles. The van der Waals surface area contributed by atoms with E-state index in [1.807, 2.05) is 18.2 Å². The second-order valence-electron chi connectivity index (χ2n) is 2.71. The third-order valence-electron chi connectivity index (χ3n) is 1.71. The standard InChI is InChI=1S/C9H9Br2NO/c1-6(13)12(2)9-4-7(10)3-8(11)5-9/h3-5H,1-2H3. The fourth-order valence-corrected chi connectivity index (χ4v) is 2.18. The van der Waals surface area contributed by atoms with Crippen LogP contribution in [0.25, 0.3) is 0 Å². The van der Waals surface area contributed by atoms with Gasteiger partial charge in [0.2, 0.25) is 5.91 Å². The van der Waals surface area contributed by atoms with Gasteiger partial charge in [-0.15, -0.1) is 0 Å². The van der Waals surface area contributed by atoms with Gasteiger partial charge in [-0.3, -0.25) is 4.79 Å². The summed E-state index contributed by atoms with van der Waals surface area (Å²) in [6, 6.07) is 5.72. The van der Waals surface area contributed by atoms with Gasteiger partial charge in [-0.2, -0.15) is 0 Å². The topological polar surface area (TPSA) is 20.3 Å². The van der Waals surface area contributed by atoms with Crippen molar-refractivity contribution in [2.45, 2.75) is 6.92 Å². The molecule has 4 heteroatoms. The molecule has 0 bridgehead atoms. The Morgan fingerprint density at radius 1 is 1.23 bits per heavy atom. The van der Waals surface area contributed by atoms with Crippen molar-refractivity contribution in [3.8, 4) is 0 Å². The average molecular weight is 307 g/mol. The first kappa shape index (κ1) is 10.7. The lowest BCUT2D eigenvalue weighted by Crippen LogP contribution is -2.22. The Hall–Kier alpha value is -0.350. The minimum atomic E-state index is 0.0185. The maximum atomic E-state index is 11.1. The van der Waals surface area contributed by atoms with Gasteiger partial charge in [-0.25, -0.2) is 0 Å². The van der Waals surface area contributed by atoms with Gasteiger partial charge in [0.15, 0.2) is 0 Å². The highest BCUT2D eigenvalue weighted by molar-refractivity contribution is 9.11. The fraction of sp³-hybridized carbons (Fsp3) is 0.222. The Morgan fingerprint density at radius 2 is 1.69 bits per heavy atom. The van der Waals surface area contributed by atoms with Crippen LogP contribution in [0.4, 0.5) is 5.69 Å². The van der Waals surface area contributed by atoms with Crippen LogP contribution in [0.2, 0.25) is 0 Å². The predicted octanol–water partition coefficient (Wildman–Crippen LogP) is 3.19. The van der Waals surface area contributed by atoms with Crippen LogP contribution in [-0.4, -0.2) is 13.0 Å². The molecule has 2 nitrogen and oxygen atoms in total. The van der Waals surface area contributed by atoms with Crippen molar-refractivity contribution < 1.29 is 4.79 Å². The number of benzene rings is 1. The Balaban J connectivity index is 3.07. The van der Waals surface area contributed by atoms with Crippen LogP contribution in [-0.2, 0) is 4.79 Å². The van der Waals surface area contributed by atoms with Crippen LogP contribution in [0.5, 0.6) is 0 Å². The Labute approximate surface area is 94.2 Å². The van der Waals surface area contributed by atoms with E-state index in [1.165, 1.54) is 6.92 Å². The zero-order valence-corrected chi connectivity index (χ0v) is 10.5. The maximum absolute atomic E-state index is 11.1. The first-order valence-electron chi connectivity index (χ1n) is 3.71. The molecule has 0 aliphatic heterocycles. The molecule has 0 fully saturated rings. The molecule has 1 aromatic rings. The minimum Gasteiger partial charge on any atom is -0.316 e. The van der Waals surface area contributed by atoms with Crippen molar-refractivity contribution in [3.63, 3.8) is 0 Å². The van der Waals surface area contributed by atoms with E-state index in [1.54, 1.807) is 11.9 Å². The molecule has 13 heavy (non-hydrogen) atoms. The molecular weight excluding hydrogens is 298 g/mol. The molecule has 0 aromatic heterocycles. The quantitative estimate of drug-likeness (QED) is 0.780. The summed E-state index contributed by atoms with van der Waals surface area (Å²) in [5, 5.41) is 0. The van der Waals surface area contributed by atoms with Crippen molar-refractivity contribution >= 4 is 43.5 Å². The van der Waals surface area contributed by atoms with Gasteiger partial charge >= 0.3 is 0 Å². The lowest BCUT2D eigenvalue weighted by molar-refractivity contribution is -0.116. The SMILES string of the molecule is CC(=O)N(C)c1cc(Br)cc(Br)c1. The van der Waals surface area contributed by atoms with Gasteiger partial charge in [-0.1, -0.05) is 31.9 Å². The third-order valence-corrected chi connectivity index (χ3v) is 2.62. The summed E-state index contributed by atoms with van der Waals surface area (Å²) in [6.45, 7) is 1.54. The number of carbonyl (C=O) groups excluding carboxylic acids is 1. The van der Waals surface area contributed by atoms with Crippen LogP contribution < -0.4 is 4.90 Å². The van der Waals surface area contributed by atoms with Crippen LogP contribution in [0.3, 0.4) is 0 Å². The summed E-state index contributed by atoms with van der Waals surface area (Å²) in [6.07, 6.45) is 0. The number of amides is 1. The second kappa shape index (κ2) is 4.24. The number of halogens is 2. The van der Waals surface area contributed by atoms with E-state index in [2.05, 4.69) is 31.9 Å². The van der Waals surface area contributed by atoms with Crippen LogP contribution in [0.15, 0.2) is 27.1 Å². The van der Waals surface area contributed by atoms with Gasteiger partial charge in [0.05, 0.1) is 0 Å². The van der Waals surface area contributed by atoms with Gasteiger partial charge < -0.3 is 4.90 Å². The normalized spacial score (nSPS) is 9.85. The molecule has 70 valence electrons. The number of carbonyl (C=O) groups is 1. The van der Waals surface area contributed by atoms with E-state index in [0.717, 1.165) is 14.6 Å². The van der Waals surface area contributed by atoms with Crippen molar-refractivity contribution in [1.82, 2.24) is 0 Å². The number of rotatable bonds is 1. The van der Waals surface area contributed by atoms with Crippen LogP contribution in [0.1, 0.15) is 6.92 Å². The molecular formula is C9H9Br2NO. The zero-order valence-electron chi connectivity index (χ0n) is 7.34. The monoisotopic (exact) mass is 305 g/mol. The lowest BCUT2D eigenvalue weighted by Gasteiger charge is -2.15. The molecule has 1 amide bonds. The van der Waals surface area contributed by atoms with Crippen LogP contribution in [0, 0.1) is 0 Å². The summed E-state index contributed by atoms with van der Waals surface area (Å²) in [4.78, 5) is 12.7. The summed E-state index contributed by atoms with van der Waals surface area (Å²) < 4.78 is 1.90. The maximum Gasteiger partial charge on any atom is 0.223 e. The van der Waals surface area contributed by atoms with E-state index in [9.17, 15) is 4.79 Å². The Morgan fingerprint density at radius 3 is 2.08 bits per heavy atom. The smallest absolute Gasteiger partial charge is 0.223 e. The second-order valence-corrected chi connectivity index (χ2v) is 4.54. The summed E-state index contributed by atoms with van der Waals surface area (Å²) >= 11 is 6.72. The molecule has 1 aromatic carbocycles. The summed E-state index contributed by atoms with van der Waals surface area (Å²) in [5.74, 6) is 0.0185. The first-order valence-corrected chi connectivity index (χ1v) is 5.29. The minimum absolute atomic E-state index is 0.0185. The summed E-state index contributed by atoms with van der Waals surface area (Å²) in [7, 11) is 1.75. The predicted molar refractivity (Wildman–Crippen MR) is 60.9 cm³/mol. The molecule has 0 heterocycles. The van der Waals surface area contributed by atoms with E-state index in [-0.39, 0.29) is 5.91 Å². The van der Waals surface area contributed by atoms with Crippen molar-refractivity contribution in [2.75, 3.05) is 11.9 Å². The molecule has 0 unspecified atom stereocenters. The van der Waals surface area contributed by atoms with E-state index >= 15 is 0 Å². The zero-order chi connectivity index (χ0) is 10.0. The number of nitrogens with zero attached hydrogens (tertiary/aromatic N) is 1. The highest BCUT2D eigenvalue weighted by Crippen LogP contribution is 2.25. The molecule has 0 saturated heterocycles. The molecule has 1 rings (SSSR count). The number of anilines is 1.